The molecule has 1 saturated heterocycles. The molecular weight excluding hydrogens is 444 g/mol. The molecule has 0 spiro atoms. The number of fused-ring (bicyclic) bond motifs is 1. The molecule has 0 aliphatic carbocycles. The summed E-state index contributed by atoms with van der Waals surface area (Å²) in [5, 5.41) is 0. The van der Waals surface area contributed by atoms with Crippen LogP contribution >= 0.6 is 0 Å². The smallest absolute Gasteiger partial charge is 0.338 e. The van der Waals surface area contributed by atoms with Gasteiger partial charge in [-0.2, -0.15) is 0 Å². The zero-order valence-electron chi connectivity index (χ0n) is 19.4. The molecular formula is C27H26N4O4. The Balaban J connectivity index is 1.17. The van der Waals surface area contributed by atoms with Crippen molar-refractivity contribution in [2.45, 2.75) is 0 Å². The number of piperazine rings is 1. The lowest BCUT2D eigenvalue weighted by atomic mass is 10.2. The number of amides is 1. The zero-order valence-corrected chi connectivity index (χ0v) is 19.4. The van der Waals surface area contributed by atoms with Gasteiger partial charge < -0.3 is 24.3 Å². The molecule has 8 nitrogen and oxygen atoms in total. The largest absolute Gasteiger partial charge is 0.497 e. The van der Waals surface area contributed by atoms with Gasteiger partial charge in [-0.25, -0.2) is 9.78 Å². The molecule has 2 heterocycles. The lowest BCUT2D eigenvalue weighted by Gasteiger charge is -2.36. The van der Waals surface area contributed by atoms with Crippen LogP contribution in [0, 0.1) is 0 Å². The molecule has 1 aliphatic heterocycles. The number of para-hydroxylation sites is 1. The molecule has 1 amide bonds. The number of rotatable bonds is 6. The van der Waals surface area contributed by atoms with E-state index in [1.165, 1.54) is 0 Å². The number of carbonyl (C=O) groups is 2. The Kier molecular flexibility index (Phi) is 6.34. The molecule has 1 aromatic heterocycles. The molecule has 8 heteroatoms. The minimum atomic E-state index is -0.538. The number of hydrogen-bond acceptors (Lipinski definition) is 6. The summed E-state index contributed by atoms with van der Waals surface area (Å²) in [6.07, 6.45) is 0. The summed E-state index contributed by atoms with van der Waals surface area (Å²) in [6.45, 7) is 2.41. The SMILES string of the molecule is COc1ccc(-c2nc3ccc(C(=O)OCC(=O)N4CCN(c5ccccc5)CC4)cc3[nH]2)cc1. The summed E-state index contributed by atoms with van der Waals surface area (Å²) >= 11 is 0. The van der Waals surface area contributed by atoms with Gasteiger partial charge in [0.15, 0.2) is 6.61 Å². The van der Waals surface area contributed by atoms with Crippen LogP contribution in [0.4, 0.5) is 5.69 Å². The van der Waals surface area contributed by atoms with E-state index in [1.54, 1.807) is 30.2 Å². The molecule has 5 rings (SSSR count). The number of carbonyl (C=O) groups excluding carboxylic acids is 2. The van der Waals surface area contributed by atoms with E-state index in [9.17, 15) is 9.59 Å². The fourth-order valence-electron chi connectivity index (χ4n) is 4.18. The first-order valence-corrected chi connectivity index (χ1v) is 11.5. The third-order valence-corrected chi connectivity index (χ3v) is 6.16. The average Bonchev–Trinajstić information content (AvgIpc) is 3.36. The van der Waals surface area contributed by atoms with Crippen molar-refractivity contribution in [1.29, 1.82) is 0 Å². The lowest BCUT2D eigenvalue weighted by molar-refractivity contribution is -0.134. The van der Waals surface area contributed by atoms with Gasteiger partial charge in [0.05, 0.1) is 23.7 Å². The quantitative estimate of drug-likeness (QED) is 0.432. The van der Waals surface area contributed by atoms with E-state index in [4.69, 9.17) is 9.47 Å². The van der Waals surface area contributed by atoms with Gasteiger partial charge in [0.2, 0.25) is 0 Å². The van der Waals surface area contributed by atoms with Crippen LogP contribution in [0.15, 0.2) is 72.8 Å². The van der Waals surface area contributed by atoms with Crippen LogP contribution in [0.25, 0.3) is 22.4 Å². The molecule has 0 saturated carbocycles. The third-order valence-electron chi connectivity index (χ3n) is 6.16. The van der Waals surface area contributed by atoms with Gasteiger partial charge >= 0.3 is 5.97 Å². The Bertz CT molecular complexity index is 1330. The Hall–Kier alpha value is -4.33. The fraction of sp³-hybridized carbons (Fsp3) is 0.222. The maximum absolute atomic E-state index is 12.6. The number of hydrogen-bond donors (Lipinski definition) is 1. The molecule has 35 heavy (non-hydrogen) atoms. The van der Waals surface area contributed by atoms with Gasteiger partial charge in [0.1, 0.15) is 11.6 Å². The van der Waals surface area contributed by atoms with E-state index in [1.807, 2.05) is 42.5 Å². The van der Waals surface area contributed by atoms with Crippen LogP contribution < -0.4 is 9.64 Å². The number of imidazole rings is 1. The van der Waals surface area contributed by atoms with Crippen molar-refractivity contribution in [1.82, 2.24) is 14.9 Å². The van der Waals surface area contributed by atoms with Crippen molar-refractivity contribution in [2.75, 3.05) is 44.8 Å². The summed E-state index contributed by atoms with van der Waals surface area (Å²) in [5.41, 5.74) is 3.87. The number of H-pyrrole nitrogens is 1. The highest BCUT2D eigenvalue weighted by Crippen LogP contribution is 2.24. The monoisotopic (exact) mass is 470 g/mol. The van der Waals surface area contributed by atoms with Crippen molar-refractivity contribution in [3.8, 4) is 17.1 Å². The second-order valence-electron chi connectivity index (χ2n) is 8.33. The van der Waals surface area contributed by atoms with Crippen molar-refractivity contribution in [2.24, 2.45) is 0 Å². The summed E-state index contributed by atoms with van der Waals surface area (Å²) < 4.78 is 10.5. The molecule has 1 fully saturated rings. The second-order valence-corrected chi connectivity index (χ2v) is 8.33. The van der Waals surface area contributed by atoms with Gasteiger partial charge in [-0.3, -0.25) is 4.79 Å². The Morgan fingerprint density at radius 2 is 1.69 bits per heavy atom. The normalized spacial score (nSPS) is 13.6. The van der Waals surface area contributed by atoms with Crippen molar-refractivity contribution in [3.05, 3.63) is 78.4 Å². The number of esters is 1. The Morgan fingerprint density at radius 1 is 0.943 bits per heavy atom. The van der Waals surface area contributed by atoms with Crippen LogP contribution in [0.1, 0.15) is 10.4 Å². The number of benzene rings is 3. The number of ether oxygens (including phenoxy) is 2. The Labute approximate surface area is 203 Å². The molecule has 0 unspecified atom stereocenters. The molecule has 0 bridgehead atoms. The van der Waals surface area contributed by atoms with E-state index in [-0.39, 0.29) is 12.5 Å². The second kappa shape index (κ2) is 9.89. The maximum atomic E-state index is 12.6. The standard InChI is InChI=1S/C27H26N4O4/c1-34-22-10-7-19(8-11-22)26-28-23-12-9-20(17-24(23)29-26)27(33)35-18-25(32)31-15-13-30(14-16-31)21-5-3-2-4-6-21/h2-12,17H,13-16,18H2,1H3,(H,28,29). The molecule has 4 aromatic rings. The highest BCUT2D eigenvalue weighted by molar-refractivity contribution is 5.95. The predicted octanol–water partition coefficient (Wildman–Crippen LogP) is 3.74. The first kappa shape index (κ1) is 22.5. The minimum absolute atomic E-state index is 0.185. The zero-order chi connectivity index (χ0) is 24.2. The van der Waals surface area contributed by atoms with Gasteiger partial charge in [-0.15, -0.1) is 0 Å². The van der Waals surface area contributed by atoms with E-state index >= 15 is 0 Å². The summed E-state index contributed by atoms with van der Waals surface area (Å²) in [7, 11) is 1.62. The average molecular weight is 471 g/mol. The summed E-state index contributed by atoms with van der Waals surface area (Å²) in [4.78, 5) is 37.0. The van der Waals surface area contributed by atoms with Crippen LogP contribution in [-0.2, 0) is 9.53 Å². The molecule has 3 aromatic carbocycles. The molecule has 0 atom stereocenters. The van der Waals surface area contributed by atoms with E-state index in [2.05, 4.69) is 27.0 Å². The number of aromatic nitrogens is 2. The maximum Gasteiger partial charge on any atom is 0.338 e. The minimum Gasteiger partial charge on any atom is -0.497 e. The fourth-order valence-corrected chi connectivity index (χ4v) is 4.18. The van der Waals surface area contributed by atoms with Crippen molar-refractivity contribution < 1.29 is 19.1 Å². The topological polar surface area (TPSA) is 87.8 Å². The number of anilines is 1. The molecule has 0 radical (unpaired) electrons. The molecule has 1 aliphatic rings. The van der Waals surface area contributed by atoms with Gasteiger partial charge in [0.25, 0.3) is 5.91 Å². The first-order valence-electron chi connectivity index (χ1n) is 11.5. The number of nitrogens with one attached hydrogen (secondary N) is 1. The van der Waals surface area contributed by atoms with Gasteiger partial charge in [-0.1, -0.05) is 18.2 Å². The predicted molar refractivity (Wildman–Crippen MR) is 134 cm³/mol. The highest BCUT2D eigenvalue weighted by atomic mass is 16.5. The van der Waals surface area contributed by atoms with E-state index < -0.39 is 5.97 Å². The Morgan fingerprint density at radius 3 is 2.40 bits per heavy atom. The lowest BCUT2D eigenvalue weighted by Crippen LogP contribution is -2.49. The van der Waals surface area contributed by atoms with Gasteiger partial charge in [-0.05, 0) is 54.6 Å². The van der Waals surface area contributed by atoms with E-state index in [0.717, 1.165) is 35.6 Å². The molecule has 178 valence electrons. The van der Waals surface area contributed by atoms with Crippen LogP contribution in [0.5, 0.6) is 5.75 Å². The van der Waals surface area contributed by atoms with Crippen molar-refractivity contribution >= 4 is 28.6 Å². The number of aromatic amines is 1. The van der Waals surface area contributed by atoms with Crippen LogP contribution in [0.2, 0.25) is 0 Å². The van der Waals surface area contributed by atoms with E-state index in [0.29, 0.717) is 30.0 Å². The number of methoxy groups -OCH3 is 1. The van der Waals surface area contributed by atoms with Crippen LogP contribution in [0.3, 0.4) is 0 Å². The number of nitrogens with zero attached hydrogens (tertiary/aromatic N) is 3. The third kappa shape index (κ3) is 4.96. The van der Waals surface area contributed by atoms with Crippen molar-refractivity contribution in [3.63, 3.8) is 0 Å². The highest BCUT2D eigenvalue weighted by Gasteiger charge is 2.22. The molecule has 1 N–H and O–H groups in total. The summed E-state index contributed by atoms with van der Waals surface area (Å²) in [6, 6.07) is 22.8. The first-order chi connectivity index (χ1) is 17.1. The van der Waals surface area contributed by atoms with Gasteiger partial charge in [0, 0.05) is 37.4 Å². The van der Waals surface area contributed by atoms with Crippen LogP contribution in [-0.4, -0.2) is 66.6 Å². The summed E-state index contributed by atoms with van der Waals surface area (Å²) in [5.74, 6) is 0.736.